The summed E-state index contributed by atoms with van der Waals surface area (Å²) in [7, 11) is 3.18. The van der Waals surface area contributed by atoms with E-state index in [9.17, 15) is 4.79 Å². The Hall–Kier alpha value is -2.99. The van der Waals surface area contributed by atoms with Crippen LogP contribution >= 0.6 is 11.6 Å². The molecule has 0 unspecified atom stereocenters. The monoisotopic (exact) mass is 399 g/mol. The van der Waals surface area contributed by atoms with Gasteiger partial charge in [0.25, 0.3) is 5.91 Å². The summed E-state index contributed by atoms with van der Waals surface area (Å²) in [6, 6.07) is 14.5. The molecule has 0 spiro atoms. The first-order chi connectivity index (χ1) is 13.6. The Morgan fingerprint density at radius 3 is 2.61 bits per heavy atom. The van der Waals surface area contributed by atoms with Crippen molar-refractivity contribution in [2.75, 3.05) is 20.8 Å². The van der Waals surface area contributed by atoms with Gasteiger partial charge in [-0.2, -0.15) is 5.10 Å². The molecule has 0 aliphatic rings. The molecule has 28 heavy (non-hydrogen) atoms. The molecule has 0 saturated heterocycles. The van der Waals surface area contributed by atoms with Gasteiger partial charge in [0.2, 0.25) is 0 Å². The fourth-order valence-corrected chi connectivity index (χ4v) is 3.04. The van der Waals surface area contributed by atoms with Gasteiger partial charge < -0.3 is 14.8 Å². The fourth-order valence-electron chi connectivity index (χ4n) is 2.82. The van der Waals surface area contributed by atoms with Crippen molar-refractivity contribution in [3.8, 4) is 28.4 Å². The zero-order valence-electron chi connectivity index (χ0n) is 16.0. The molecule has 146 valence electrons. The van der Waals surface area contributed by atoms with Gasteiger partial charge in [-0.05, 0) is 36.8 Å². The third-order valence-electron chi connectivity index (χ3n) is 4.24. The number of aromatic nitrogens is 2. The highest BCUT2D eigenvalue weighted by atomic mass is 35.5. The Morgan fingerprint density at radius 2 is 1.93 bits per heavy atom. The van der Waals surface area contributed by atoms with Crippen molar-refractivity contribution in [1.29, 1.82) is 0 Å². The number of carbonyl (C=O) groups is 1. The first kappa shape index (κ1) is 19.8. The molecule has 1 N–H and O–H groups in total. The van der Waals surface area contributed by atoms with Crippen LogP contribution in [0, 0.1) is 0 Å². The number of carbonyl (C=O) groups excluding carboxylic acids is 1. The Bertz CT molecular complexity index is 985. The lowest BCUT2D eigenvalue weighted by Gasteiger charge is -2.09. The molecule has 1 heterocycles. The first-order valence-electron chi connectivity index (χ1n) is 8.94. The van der Waals surface area contributed by atoms with Crippen LogP contribution in [0.2, 0.25) is 5.02 Å². The minimum atomic E-state index is -0.215. The summed E-state index contributed by atoms with van der Waals surface area (Å²) in [6.45, 7) is 2.58. The fraction of sp³-hybridized carbons (Fsp3) is 0.238. The predicted octanol–water partition coefficient (Wildman–Crippen LogP) is 4.35. The molecule has 0 atom stereocenters. The molecule has 6 nitrogen and oxygen atoms in total. The van der Waals surface area contributed by atoms with E-state index in [1.807, 2.05) is 37.3 Å². The zero-order chi connectivity index (χ0) is 20.1. The Balaban J connectivity index is 2.14. The van der Waals surface area contributed by atoms with E-state index in [-0.39, 0.29) is 5.91 Å². The van der Waals surface area contributed by atoms with E-state index in [0.29, 0.717) is 40.1 Å². The van der Waals surface area contributed by atoms with Crippen molar-refractivity contribution in [3.05, 3.63) is 59.2 Å². The summed E-state index contributed by atoms with van der Waals surface area (Å²) in [5.41, 5.74) is 2.37. The molecule has 2 aromatic carbocycles. The van der Waals surface area contributed by atoms with Crippen molar-refractivity contribution >= 4 is 17.5 Å². The van der Waals surface area contributed by atoms with Crippen LogP contribution in [0.25, 0.3) is 16.9 Å². The summed E-state index contributed by atoms with van der Waals surface area (Å²) in [4.78, 5) is 12.7. The SMILES string of the molecule is CCCNC(=O)c1cc(-c2ccc(OC)cc2OC)nn1-c1ccccc1Cl. The number of halogens is 1. The van der Waals surface area contributed by atoms with Crippen LogP contribution < -0.4 is 14.8 Å². The molecule has 0 bridgehead atoms. The third-order valence-corrected chi connectivity index (χ3v) is 4.56. The molecule has 0 aliphatic heterocycles. The number of amides is 1. The average molecular weight is 400 g/mol. The van der Waals surface area contributed by atoms with Gasteiger partial charge in [0.05, 0.1) is 30.6 Å². The van der Waals surface area contributed by atoms with Crippen molar-refractivity contribution in [3.63, 3.8) is 0 Å². The highest BCUT2D eigenvalue weighted by molar-refractivity contribution is 6.32. The van der Waals surface area contributed by atoms with Crippen LogP contribution in [0.4, 0.5) is 0 Å². The number of nitrogens with one attached hydrogen (secondary N) is 1. The highest BCUT2D eigenvalue weighted by Crippen LogP contribution is 2.34. The van der Waals surface area contributed by atoms with E-state index in [1.165, 1.54) is 0 Å². The molecular formula is C21H22ClN3O3. The molecule has 0 aliphatic carbocycles. The summed E-state index contributed by atoms with van der Waals surface area (Å²) in [6.07, 6.45) is 0.838. The van der Waals surface area contributed by atoms with Crippen molar-refractivity contribution in [2.24, 2.45) is 0 Å². The maximum Gasteiger partial charge on any atom is 0.270 e. The molecule has 7 heteroatoms. The minimum absolute atomic E-state index is 0.215. The Kier molecular flexibility index (Phi) is 6.21. The van der Waals surface area contributed by atoms with E-state index in [0.717, 1.165) is 12.0 Å². The average Bonchev–Trinajstić information content (AvgIpc) is 3.16. The topological polar surface area (TPSA) is 65.4 Å². The molecule has 0 radical (unpaired) electrons. The molecule has 1 aromatic heterocycles. The van der Waals surface area contributed by atoms with Crippen LogP contribution in [0.5, 0.6) is 11.5 Å². The molecule has 1 amide bonds. The largest absolute Gasteiger partial charge is 0.497 e. The molecule has 0 saturated carbocycles. The van der Waals surface area contributed by atoms with Gasteiger partial charge in [-0.3, -0.25) is 4.79 Å². The highest BCUT2D eigenvalue weighted by Gasteiger charge is 2.20. The standard InChI is InChI=1S/C21H22ClN3O3/c1-4-11-23-21(26)19-13-17(15-10-9-14(27-2)12-20(15)28-3)24-25(19)18-8-6-5-7-16(18)22/h5-10,12-13H,4,11H2,1-3H3,(H,23,26). The predicted molar refractivity (Wildman–Crippen MR) is 110 cm³/mol. The van der Waals surface area contributed by atoms with E-state index in [4.69, 9.17) is 21.1 Å². The van der Waals surface area contributed by atoms with Crippen molar-refractivity contribution in [1.82, 2.24) is 15.1 Å². The lowest BCUT2D eigenvalue weighted by atomic mass is 10.1. The van der Waals surface area contributed by atoms with Crippen LogP contribution in [0.15, 0.2) is 48.5 Å². The minimum Gasteiger partial charge on any atom is -0.497 e. The molecule has 3 aromatic rings. The van der Waals surface area contributed by atoms with Gasteiger partial charge in [0, 0.05) is 18.2 Å². The van der Waals surface area contributed by atoms with Crippen LogP contribution in [-0.4, -0.2) is 36.5 Å². The Morgan fingerprint density at radius 1 is 1.14 bits per heavy atom. The summed E-state index contributed by atoms with van der Waals surface area (Å²) in [5.74, 6) is 1.06. The van der Waals surface area contributed by atoms with Crippen molar-refractivity contribution < 1.29 is 14.3 Å². The smallest absolute Gasteiger partial charge is 0.270 e. The molecule has 0 fully saturated rings. The van der Waals surface area contributed by atoms with E-state index < -0.39 is 0 Å². The number of methoxy groups -OCH3 is 2. The maximum absolute atomic E-state index is 12.7. The van der Waals surface area contributed by atoms with Crippen LogP contribution in [0.3, 0.4) is 0 Å². The first-order valence-corrected chi connectivity index (χ1v) is 9.32. The molecule has 3 rings (SSSR count). The number of hydrogen-bond acceptors (Lipinski definition) is 4. The van der Waals surface area contributed by atoms with Crippen LogP contribution in [-0.2, 0) is 0 Å². The number of ether oxygens (including phenoxy) is 2. The number of para-hydroxylation sites is 1. The number of hydrogen-bond donors (Lipinski definition) is 1. The molecular weight excluding hydrogens is 378 g/mol. The lowest BCUT2D eigenvalue weighted by molar-refractivity contribution is 0.0946. The second-order valence-electron chi connectivity index (χ2n) is 6.10. The summed E-state index contributed by atoms with van der Waals surface area (Å²) >= 11 is 6.36. The van der Waals surface area contributed by atoms with Gasteiger partial charge in [0.1, 0.15) is 17.2 Å². The summed E-state index contributed by atoms with van der Waals surface area (Å²) < 4.78 is 12.3. The van der Waals surface area contributed by atoms with Gasteiger partial charge in [-0.25, -0.2) is 4.68 Å². The van der Waals surface area contributed by atoms with Gasteiger partial charge in [-0.1, -0.05) is 30.7 Å². The van der Waals surface area contributed by atoms with Crippen molar-refractivity contribution in [2.45, 2.75) is 13.3 Å². The lowest BCUT2D eigenvalue weighted by Crippen LogP contribution is -2.26. The van der Waals surface area contributed by atoms with Gasteiger partial charge in [-0.15, -0.1) is 0 Å². The number of rotatable bonds is 7. The third kappa shape index (κ3) is 3.97. The van der Waals surface area contributed by atoms with E-state index >= 15 is 0 Å². The second kappa shape index (κ2) is 8.80. The second-order valence-corrected chi connectivity index (χ2v) is 6.51. The Labute approximate surface area is 169 Å². The number of nitrogens with zero attached hydrogens (tertiary/aromatic N) is 2. The van der Waals surface area contributed by atoms with E-state index in [2.05, 4.69) is 10.4 Å². The normalized spacial score (nSPS) is 10.6. The summed E-state index contributed by atoms with van der Waals surface area (Å²) in [5, 5.41) is 8.05. The zero-order valence-corrected chi connectivity index (χ0v) is 16.8. The number of benzene rings is 2. The van der Waals surface area contributed by atoms with Gasteiger partial charge >= 0.3 is 0 Å². The quantitative estimate of drug-likeness (QED) is 0.641. The van der Waals surface area contributed by atoms with Crippen LogP contribution in [0.1, 0.15) is 23.8 Å². The van der Waals surface area contributed by atoms with E-state index in [1.54, 1.807) is 37.1 Å². The van der Waals surface area contributed by atoms with Gasteiger partial charge in [0.15, 0.2) is 0 Å². The maximum atomic E-state index is 12.7.